The summed E-state index contributed by atoms with van der Waals surface area (Å²) >= 11 is 6.33. The van der Waals surface area contributed by atoms with Gasteiger partial charge in [-0.05, 0) is 49.7 Å². The first-order valence-electron chi connectivity index (χ1n) is 10.7. The maximum Gasteiger partial charge on any atom is 0.227 e. The van der Waals surface area contributed by atoms with Gasteiger partial charge in [0.05, 0.1) is 17.6 Å². The van der Waals surface area contributed by atoms with Crippen molar-refractivity contribution in [1.29, 1.82) is 0 Å². The number of anilines is 1. The van der Waals surface area contributed by atoms with E-state index in [4.69, 9.17) is 16.6 Å². The van der Waals surface area contributed by atoms with E-state index in [1.54, 1.807) is 12.1 Å². The van der Waals surface area contributed by atoms with E-state index in [-0.39, 0.29) is 24.2 Å². The van der Waals surface area contributed by atoms with Crippen molar-refractivity contribution in [2.24, 2.45) is 0 Å². The topological polar surface area (TPSA) is 38.1 Å². The first-order valence-corrected chi connectivity index (χ1v) is 11.1. The molecule has 1 amide bonds. The Morgan fingerprint density at radius 1 is 1.09 bits per heavy atom. The number of benzene rings is 3. The van der Waals surface area contributed by atoms with E-state index in [0.29, 0.717) is 23.6 Å². The lowest BCUT2D eigenvalue weighted by Gasteiger charge is -2.20. The van der Waals surface area contributed by atoms with Crippen LogP contribution in [0, 0.1) is 19.7 Å². The fraction of sp³-hybridized carbons (Fsp3) is 0.231. The summed E-state index contributed by atoms with van der Waals surface area (Å²) in [4.78, 5) is 19.7. The van der Waals surface area contributed by atoms with Gasteiger partial charge in [0.2, 0.25) is 5.91 Å². The third-order valence-corrected chi connectivity index (χ3v) is 6.55. The molecular formula is C26H23ClFN3O. The molecule has 1 aromatic heterocycles. The lowest BCUT2D eigenvalue weighted by atomic mass is 10.1. The van der Waals surface area contributed by atoms with Crippen molar-refractivity contribution < 1.29 is 9.18 Å². The molecule has 0 radical (unpaired) electrons. The summed E-state index contributed by atoms with van der Waals surface area (Å²) in [6.07, 6.45) is 0.363. The molecule has 0 spiro atoms. The van der Waals surface area contributed by atoms with Gasteiger partial charge in [-0.25, -0.2) is 9.37 Å². The summed E-state index contributed by atoms with van der Waals surface area (Å²) in [6, 6.07) is 18.6. The number of amides is 1. The molecule has 4 nitrogen and oxygen atoms in total. The predicted octanol–water partition coefficient (Wildman–Crippen LogP) is 6.01. The van der Waals surface area contributed by atoms with Crippen LogP contribution in [0.5, 0.6) is 0 Å². The van der Waals surface area contributed by atoms with E-state index >= 15 is 0 Å². The van der Waals surface area contributed by atoms with Gasteiger partial charge in [0.15, 0.2) is 0 Å². The minimum absolute atomic E-state index is 0.0736. The number of hydrogen-bond acceptors (Lipinski definition) is 2. The summed E-state index contributed by atoms with van der Waals surface area (Å²) < 4.78 is 16.6. The second-order valence-electron chi connectivity index (χ2n) is 8.44. The summed E-state index contributed by atoms with van der Waals surface area (Å²) in [5.74, 6) is 0.414. The van der Waals surface area contributed by atoms with E-state index in [9.17, 15) is 9.18 Å². The van der Waals surface area contributed by atoms with E-state index in [0.717, 1.165) is 33.7 Å². The minimum Gasteiger partial charge on any atom is -0.323 e. The van der Waals surface area contributed by atoms with Crippen molar-refractivity contribution in [3.8, 4) is 0 Å². The molecule has 0 saturated carbocycles. The van der Waals surface area contributed by atoms with Gasteiger partial charge in [-0.15, -0.1) is 0 Å². The Kier molecular flexibility index (Phi) is 5.22. The van der Waals surface area contributed by atoms with Crippen molar-refractivity contribution in [1.82, 2.24) is 9.55 Å². The molecule has 6 heteroatoms. The first kappa shape index (κ1) is 20.7. The van der Waals surface area contributed by atoms with Crippen LogP contribution in [0.25, 0.3) is 11.0 Å². The molecule has 0 aliphatic carbocycles. The van der Waals surface area contributed by atoms with E-state index in [1.807, 2.05) is 59.7 Å². The molecule has 1 aliphatic rings. The Labute approximate surface area is 191 Å². The van der Waals surface area contributed by atoms with Crippen LogP contribution < -0.4 is 4.90 Å². The fourth-order valence-corrected chi connectivity index (χ4v) is 4.86. The molecule has 32 heavy (non-hydrogen) atoms. The van der Waals surface area contributed by atoms with Crippen molar-refractivity contribution in [2.45, 2.75) is 32.7 Å². The van der Waals surface area contributed by atoms with Crippen molar-refractivity contribution in [3.05, 3.63) is 94.0 Å². The number of nitrogens with zero attached hydrogens (tertiary/aromatic N) is 3. The quantitative estimate of drug-likeness (QED) is 0.384. The second-order valence-corrected chi connectivity index (χ2v) is 8.85. The van der Waals surface area contributed by atoms with Gasteiger partial charge in [-0.1, -0.05) is 47.5 Å². The average Bonchev–Trinajstić information content (AvgIpc) is 3.31. The smallest absolute Gasteiger partial charge is 0.227 e. The van der Waals surface area contributed by atoms with Crippen LogP contribution in [0.4, 0.5) is 10.1 Å². The van der Waals surface area contributed by atoms with Crippen molar-refractivity contribution in [2.75, 3.05) is 11.4 Å². The Morgan fingerprint density at radius 3 is 2.69 bits per heavy atom. The molecule has 162 valence electrons. The van der Waals surface area contributed by atoms with Crippen LogP contribution in [-0.4, -0.2) is 22.0 Å². The molecule has 0 unspecified atom stereocenters. The number of para-hydroxylation sites is 2. The molecule has 5 rings (SSSR count). The fourth-order valence-electron chi connectivity index (χ4n) is 4.64. The van der Waals surface area contributed by atoms with Gasteiger partial charge in [0.25, 0.3) is 0 Å². The highest BCUT2D eigenvalue weighted by atomic mass is 35.5. The third kappa shape index (κ3) is 3.56. The largest absolute Gasteiger partial charge is 0.323 e. The molecular weight excluding hydrogens is 425 g/mol. The van der Waals surface area contributed by atoms with Crippen molar-refractivity contribution >= 4 is 34.2 Å². The first-order chi connectivity index (χ1) is 15.4. The molecule has 1 aliphatic heterocycles. The van der Waals surface area contributed by atoms with E-state index < -0.39 is 0 Å². The predicted molar refractivity (Wildman–Crippen MR) is 126 cm³/mol. The third-order valence-electron chi connectivity index (χ3n) is 6.20. The molecule has 1 saturated heterocycles. The number of imidazole rings is 1. The van der Waals surface area contributed by atoms with Crippen LogP contribution in [0.3, 0.4) is 0 Å². The Balaban J connectivity index is 1.56. The maximum atomic E-state index is 14.6. The highest BCUT2D eigenvalue weighted by Crippen LogP contribution is 2.35. The van der Waals surface area contributed by atoms with Crippen LogP contribution in [-0.2, 0) is 11.3 Å². The highest BCUT2D eigenvalue weighted by Gasteiger charge is 2.35. The normalized spacial score (nSPS) is 16.3. The Hall–Kier alpha value is -3.18. The number of fused-ring (bicyclic) bond motifs is 1. The van der Waals surface area contributed by atoms with Crippen molar-refractivity contribution in [3.63, 3.8) is 0 Å². The molecule has 3 aromatic carbocycles. The summed E-state index contributed by atoms with van der Waals surface area (Å²) in [5.41, 5.74) is 5.33. The lowest BCUT2D eigenvalue weighted by molar-refractivity contribution is -0.117. The monoisotopic (exact) mass is 447 g/mol. The van der Waals surface area contributed by atoms with Crippen LogP contribution in [0.1, 0.15) is 34.9 Å². The van der Waals surface area contributed by atoms with Gasteiger partial charge in [-0.2, -0.15) is 0 Å². The van der Waals surface area contributed by atoms with Crippen LogP contribution in [0.15, 0.2) is 60.7 Å². The van der Waals surface area contributed by atoms with E-state index in [1.165, 1.54) is 6.07 Å². The second kappa shape index (κ2) is 8.06. The van der Waals surface area contributed by atoms with Gasteiger partial charge in [-0.3, -0.25) is 4.79 Å². The zero-order valence-electron chi connectivity index (χ0n) is 18.0. The Bertz CT molecular complexity index is 1330. The maximum absolute atomic E-state index is 14.6. The zero-order chi connectivity index (χ0) is 22.4. The minimum atomic E-state index is -0.347. The Morgan fingerprint density at radius 2 is 1.91 bits per heavy atom. The van der Waals surface area contributed by atoms with Gasteiger partial charge in [0, 0.05) is 35.2 Å². The molecule has 1 atom stereocenters. The summed E-state index contributed by atoms with van der Waals surface area (Å²) in [7, 11) is 0. The van der Waals surface area contributed by atoms with Gasteiger partial charge in [0.1, 0.15) is 11.6 Å². The lowest BCUT2D eigenvalue weighted by Crippen LogP contribution is -2.25. The summed E-state index contributed by atoms with van der Waals surface area (Å²) in [5, 5.41) is 0.383. The summed E-state index contributed by atoms with van der Waals surface area (Å²) in [6.45, 7) is 4.87. The number of carbonyl (C=O) groups is 1. The molecule has 2 heterocycles. The zero-order valence-corrected chi connectivity index (χ0v) is 18.7. The molecule has 0 N–H and O–H groups in total. The molecule has 4 aromatic rings. The number of hydrogen-bond donors (Lipinski definition) is 0. The standard InChI is InChI=1S/C26H23ClFN3O/c1-16-10-11-23(17(2)12-16)30-14-18(13-25(30)32)26-29-22-8-3-4-9-24(22)31(26)15-19-20(27)6-5-7-21(19)28/h3-12,18H,13-15H2,1-2H3/t18-/m0/s1. The number of halogens is 2. The van der Waals surface area contributed by atoms with Gasteiger partial charge >= 0.3 is 0 Å². The number of aryl methyl sites for hydroxylation is 2. The molecule has 0 bridgehead atoms. The van der Waals surface area contributed by atoms with Crippen LogP contribution in [0.2, 0.25) is 5.02 Å². The SMILES string of the molecule is Cc1ccc(N2C[C@@H](c3nc4ccccc4n3Cc3c(F)cccc3Cl)CC2=O)c(C)c1. The number of rotatable bonds is 4. The number of carbonyl (C=O) groups excluding carboxylic acids is 1. The number of aromatic nitrogens is 2. The van der Waals surface area contributed by atoms with Crippen LogP contribution >= 0.6 is 11.6 Å². The van der Waals surface area contributed by atoms with E-state index in [2.05, 4.69) is 6.07 Å². The average molecular weight is 448 g/mol. The molecule has 1 fully saturated rings. The van der Waals surface area contributed by atoms with Gasteiger partial charge < -0.3 is 9.47 Å². The highest BCUT2D eigenvalue weighted by molar-refractivity contribution is 6.31.